The van der Waals surface area contributed by atoms with Gasteiger partial charge in [-0.15, -0.1) is 5.10 Å². The van der Waals surface area contributed by atoms with E-state index in [1.807, 2.05) is 0 Å². The number of hydrogen-bond acceptors (Lipinski definition) is 6. The normalized spacial score (nSPS) is 17.7. The fourth-order valence-electron chi connectivity index (χ4n) is 2.39. The van der Waals surface area contributed by atoms with E-state index in [0.717, 1.165) is 29.5 Å². The van der Waals surface area contributed by atoms with Crippen molar-refractivity contribution in [1.29, 1.82) is 0 Å². The number of benzene rings is 2. The van der Waals surface area contributed by atoms with Gasteiger partial charge in [0, 0.05) is 6.07 Å². The van der Waals surface area contributed by atoms with Gasteiger partial charge in [-0.25, -0.2) is 8.78 Å². The summed E-state index contributed by atoms with van der Waals surface area (Å²) in [5.74, 6) is -3.19. The minimum Gasteiger partial charge on any atom is -0.489 e. The predicted octanol–water partition coefficient (Wildman–Crippen LogP) is 2.94. The van der Waals surface area contributed by atoms with Gasteiger partial charge in [0.1, 0.15) is 17.6 Å². The van der Waals surface area contributed by atoms with Crippen LogP contribution in [0.1, 0.15) is 17.5 Å². The number of carboxylic acid groups (broad SMARTS) is 1. The van der Waals surface area contributed by atoms with Crippen molar-refractivity contribution in [2.45, 2.75) is 18.3 Å². The molecule has 0 spiro atoms. The van der Waals surface area contributed by atoms with Crippen molar-refractivity contribution in [3.8, 4) is 5.75 Å². The van der Waals surface area contributed by atoms with E-state index in [-0.39, 0.29) is 23.9 Å². The maximum Gasteiger partial charge on any atom is 0.305 e. The molecular formula is C19H15F2N3O4S. The summed E-state index contributed by atoms with van der Waals surface area (Å²) in [5, 5.41) is 18.5. The smallest absolute Gasteiger partial charge is 0.305 e. The molecule has 0 bridgehead atoms. The molecule has 0 aliphatic carbocycles. The third-order valence-corrected chi connectivity index (χ3v) is 4.81. The van der Waals surface area contributed by atoms with Crippen molar-refractivity contribution in [3.63, 3.8) is 0 Å². The van der Waals surface area contributed by atoms with Crippen LogP contribution in [-0.4, -0.2) is 33.6 Å². The summed E-state index contributed by atoms with van der Waals surface area (Å²) in [7, 11) is 0. The number of rotatable bonds is 7. The minimum absolute atomic E-state index is 0.143. The minimum atomic E-state index is -1.06. The van der Waals surface area contributed by atoms with Crippen LogP contribution < -0.4 is 10.1 Å². The van der Waals surface area contributed by atoms with E-state index in [0.29, 0.717) is 5.56 Å². The first kappa shape index (κ1) is 20.5. The molecular weight excluding hydrogens is 404 g/mol. The number of carbonyl (C=O) groups excluding carboxylic acids is 1. The fourth-order valence-corrected chi connectivity index (χ4v) is 3.30. The average molecular weight is 419 g/mol. The molecule has 3 rings (SSSR count). The first-order chi connectivity index (χ1) is 13.9. The topological polar surface area (TPSA) is 100 Å². The van der Waals surface area contributed by atoms with Gasteiger partial charge in [-0.3, -0.25) is 9.59 Å². The number of aliphatic carboxylic acids is 1. The maximum absolute atomic E-state index is 13.2. The Balaban J connectivity index is 1.58. The van der Waals surface area contributed by atoms with Gasteiger partial charge in [0.2, 0.25) is 5.91 Å². The Morgan fingerprint density at radius 3 is 2.83 bits per heavy atom. The number of halogens is 2. The molecule has 29 heavy (non-hydrogen) atoms. The van der Waals surface area contributed by atoms with Gasteiger partial charge in [-0.2, -0.15) is 5.10 Å². The van der Waals surface area contributed by atoms with Crippen LogP contribution in [0.25, 0.3) is 0 Å². The van der Waals surface area contributed by atoms with Crippen LogP contribution in [0.4, 0.5) is 8.78 Å². The van der Waals surface area contributed by atoms with Crippen LogP contribution in [0.3, 0.4) is 0 Å². The molecule has 1 aliphatic rings. The molecule has 10 heteroatoms. The van der Waals surface area contributed by atoms with Crippen LogP contribution in [0.15, 0.2) is 52.7 Å². The maximum atomic E-state index is 13.2. The lowest BCUT2D eigenvalue weighted by molar-refractivity contribution is -0.138. The highest BCUT2D eigenvalue weighted by Gasteiger charge is 2.32. The highest BCUT2D eigenvalue weighted by molar-refractivity contribution is 8.15. The first-order valence-electron chi connectivity index (χ1n) is 8.38. The highest BCUT2D eigenvalue weighted by Crippen LogP contribution is 2.22. The zero-order valence-electron chi connectivity index (χ0n) is 14.8. The van der Waals surface area contributed by atoms with Crippen LogP contribution in [0.5, 0.6) is 5.75 Å². The summed E-state index contributed by atoms with van der Waals surface area (Å²) in [6, 6.07) is 10.4. The lowest BCUT2D eigenvalue weighted by atomic mass is 10.1. The molecule has 1 saturated heterocycles. The third-order valence-electron chi connectivity index (χ3n) is 3.74. The number of amides is 1. The molecule has 0 aromatic heterocycles. The summed E-state index contributed by atoms with van der Waals surface area (Å²) in [5.41, 5.74) is 1.48. The molecule has 2 aromatic rings. The van der Waals surface area contributed by atoms with Crippen molar-refractivity contribution in [1.82, 2.24) is 5.32 Å². The number of nitrogens with zero attached hydrogens (tertiary/aromatic N) is 2. The lowest BCUT2D eigenvalue weighted by Crippen LogP contribution is -2.26. The van der Waals surface area contributed by atoms with E-state index in [4.69, 9.17) is 9.84 Å². The Bertz CT molecular complexity index is 997. The molecule has 2 N–H and O–H groups in total. The average Bonchev–Trinajstić information content (AvgIpc) is 3.02. The molecule has 1 atom stereocenters. The fraction of sp³-hybridized carbons (Fsp3) is 0.158. The van der Waals surface area contributed by atoms with Crippen molar-refractivity contribution in [3.05, 3.63) is 65.2 Å². The largest absolute Gasteiger partial charge is 0.489 e. The van der Waals surface area contributed by atoms with Crippen LogP contribution in [0, 0.1) is 11.6 Å². The molecule has 150 valence electrons. The Kier molecular flexibility index (Phi) is 6.55. The second-order valence-corrected chi connectivity index (χ2v) is 7.14. The summed E-state index contributed by atoms with van der Waals surface area (Å²) in [4.78, 5) is 22.3. The molecule has 1 amide bonds. The Morgan fingerprint density at radius 1 is 1.24 bits per heavy atom. The summed E-state index contributed by atoms with van der Waals surface area (Å²) < 4.78 is 31.6. The quantitative estimate of drug-likeness (QED) is 0.531. The number of ether oxygens (including phenoxy) is 1. The Hall–Kier alpha value is -3.27. The lowest BCUT2D eigenvalue weighted by Gasteiger charge is -2.07. The molecule has 0 saturated carbocycles. The molecule has 1 aliphatic heterocycles. The van der Waals surface area contributed by atoms with Crippen LogP contribution in [-0.2, 0) is 16.2 Å². The first-order valence-corrected chi connectivity index (χ1v) is 9.26. The van der Waals surface area contributed by atoms with E-state index >= 15 is 0 Å². The molecule has 0 radical (unpaired) electrons. The number of hydrogen-bond donors (Lipinski definition) is 2. The number of nitrogens with one attached hydrogen (secondary N) is 1. The van der Waals surface area contributed by atoms with Gasteiger partial charge >= 0.3 is 5.97 Å². The number of carbonyl (C=O) groups is 2. The predicted molar refractivity (Wildman–Crippen MR) is 104 cm³/mol. The van der Waals surface area contributed by atoms with Gasteiger partial charge in [-0.05, 0) is 29.3 Å². The van der Waals surface area contributed by atoms with Gasteiger partial charge < -0.3 is 15.2 Å². The summed E-state index contributed by atoms with van der Waals surface area (Å²) in [6.45, 7) is 0.143. The highest BCUT2D eigenvalue weighted by atomic mass is 32.2. The second kappa shape index (κ2) is 9.28. The van der Waals surface area contributed by atoms with Gasteiger partial charge in [-0.1, -0.05) is 30.0 Å². The molecule has 2 aromatic carbocycles. The van der Waals surface area contributed by atoms with E-state index in [1.54, 1.807) is 24.3 Å². The number of thioether (sulfide) groups is 1. The Labute approximate surface area is 168 Å². The summed E-state index contributed by atoms with van der Waals surface area (Å²) in [6.07, 6.45) is 1.17. The molecule has 1 fully saturated rings. The standard InChI is InChI=1S/C19H15F2N3O4S/c20-14-5-4-13(7-15(14)21)28-10-12-3-1-2-11(6-12)9-22-24-19-23-18(27)16(29-19)8-17(25)26/h1-7,9,16H,8,10H2,(H,25,26)(H,23,24,27). The number of carboxylic acids is 1. The van der Waals surface area contributed by atoms with Crippen molar-refractivity contribution >= 4 is 35.0 Å². The van der Waals surface area contributed by atoms with Gasteiger partial charge in [0.15, 0.2) is 16.8 Å². The Morgan fingerprint density at radius 2 is 2.07 bits per heavy atom. The van der Waals surface area contributed by atoms with Crippen molar-refractivity contribution in [2.24, 2.45) is 10.2 Å². The SMILES string of the molecule is O=C(O)CC1SC(=NN=Cc2cccc(COc3ccc(F)c(F)c3)c2)NC1=O. The molecule has 1 heterocycles. The monoisotopic (exact) mass is 419 g/mol. The van der Waals surface area contributed by atoms with E-state index in [9.17, 15) is 18.4 Å². The zero-order valence-corrected chi connectivity index (χ0v) is 15.7. The van der Waals surface area contributed by atoms with Crippen LogP contribution in [0.2, 0.25) is 0 Å². The summed E-state index contributed by atoms with van der Waals surface area (Å²) >= 11 is 1.01. The molecule has 1 unspecified atom stereocenters. The zero-order chi connectivity index (χ0) is 20.8. The second-order valence-electron chi connectivity index (χ2n) is 5.95. The van der Waals surface area contributed by atoms with Crippen molar-refractivity contribution in [2.75, 3.05) is 0 Å². The van der Waals surface area contributed by atoms with Crippen molar-refractivity contribution < 1.29 is 28.2 Å². The van der Waals surface area contributed by atoms with E-state index in [2.05, 4.69) is 15.5 Å². The van der Waals surface area contributed by atoms with Gasteiger partial charge in [0.05, 0.1) is 12.6 Å². The van der Waals surface area contributed by atoms with E-state index < -0.39 is 28.8 Å². The van der Waals surface area contributed by atoms with Crippen LogP contribution >= 0.6 is 11.8 Å². The third kappa shape index (κ3) is 5.85. The molecule has 7 nitrogen and oxygen atoms in total. The number of amidine groups is 1. The van der Waals surface area contributed by atoms with Gasteiger partial charge in [0.25, 0.3) is 0 Å². The van der Waals surface area contributed by atoms with E-state index in [1.165, 1.54) is 12.3 Å².